The molecule has 350 valence electrons. The maximum atomic E-state index is 6.44. The number of fused-ring (bicyclic) bond motifs is 9. The zero-order chi connectivity index (χ0) is 49.4. The molecule has 0 fully saturated rings. The van der Waals surface area contributed by atoms with Crippen molar-refractivity contribution in [1.82, 2.24) is 19.5 Å². The summed E-state index contributed by atoms with van der Waals surface area (Å²) < 4.78 is 15.4. The van der Waals surface area contributed by atoms with Crippen LogP contribution < -0.4 is 0 Å². The smallest absolute Gasteiger partial charge is 0.164 e. The molecular formula is C69H42N4O2. The van der Waals surface area contributed by atoms with Gasteiger partial charge >= 0.3 is 0 Å². The van der Waals surface area contributed by atoms with Crippen molar-refractivity contribution in [3.05, 3.63) is 255 Å². The second-order valence-electron chi connectivity index (χ2n) is 19.0. The molecule has 0 amide bonds. The predicted octanol–water partition coefficient (Wildman–Crippen LogP) is 18.4. The first-order valence-electron chi connectivity index (χ1n) is 25.2. The summed E-state index contributed by atoms with van der Waals surface area (Å²) in [5.74, 6) is 1.58. The van der Waals surface area contributed by atoms with E-state index in [1.165, 1.54) is 21.9 Å². The zero-order valence-corrected chi connectivity index (χ0v) is 40.4. The molecule has 0 bridgehead atoms. The zero-order valence-electron chi connectivity index (χ0n) is 40.4. The monoisotopic (exact) mass is 958 g/mol. The normalized spacial score (nSPS) is 11.7. The van der Waals surface area contributed by atoms with Crippen LogP contribution in [0.3, 0.4) is 0 Å². The van der Waals surface area contributed by atoms with Crippen LogP contribution in [0.15, 0.2) is 264 Å². The van der Waals surface area contributed by atoms with Crippen molar-refractivity contribution >= 4 is 65.7 Å². The molecule has 0 atom stereocenters. The molecule has 0 saturated carbocycles. The number of nitrogens with zero attached hydrogens (tertiary/aromatic N) is 4. The van der Waals surface area contributed by atoms with Crippen LogP contribution in [0.4, 0.5) is 0 Å². The van der Waals surface area contributed by atoms with Crippen LogP contribution >= 0.6 is 0 Å². The van der Waals surface area contributed by atoms with Crippen molar-refractivity contribution in [2.45, 2.75) is 0 Å². The topological polar surface area (TPSA) is 69.9 Å². The molecular weight excluding hydrogens is 917 g/mol. The SMILES string of the molecule is c1ccc(-c2cc(-c3nc(-c4ccc5c(c4)oc4ccccc45)nc(-c4ccc5c(c4)oc4ccccc45)n3)cc(-c3ccccc3)c2-n2c3cccc(-c4ccccc4)c3c3c(-c4ccccc4)cccc32)cc1. The minimum atomic E-state index is 0.526. The van der Waals surface area contributed by atoms with E-state index in [4.69, 9.17) is 23.8 Å². The Hall–Kier alpha value is -10.2. The fraction of sp³-hybridized carbons (Fsp3) is 0. The van der Waals surface area contributed by atoms with Gasteiger partial charge in [-0.15, -0.1) is 0 Å². The second kappa shape index (κ2) is 17.3. The molecule has 4 heterocycles. The summed E-state index contributed by atoms with van der Waals surface area (Å²) in [6, 6.07) is 89.6. The van der Waals surface area contributed by atoms with Gasteiger partial charge in [0.05, 0.1) is 16.7 Å². The van der Waals surface area contributed by atoms with E-state index in [0.29, 0.717) is 17.5 Å². The van der Waals surface area contributed by atoms with Crippen molar-refractivity contribution in [3.8, 4) is 84.4 Å². The Balaban J connectivity index is 1.03. The van der Waals surface area contributed by atoms with Gasteiger partial charge in [-0.2, -0.15) is 0 Å². The third-order valence-electron chi connectivity index (χ3n) is 14.7. The van der Waals surface area contributed by atoms with Gasteiger partial charge in [-0.3, -0.25) is 0 Å². The highest BCUT2D eigenvalue weighted by molar-refractivity contribution is 6.21. The van der Waals surface area contributed by atoms with E-state index >= 15 is 0 Å². The fourth-order valence-corrected chi connectivity index (χ4v) is 11.2. The van der Waals surface area contributed by atoms with Gasteiger partial charge < -0.3 is 13.4 Å². The van der Waals surface area contributed by atoms with Crippen LogP contribution in [0.2, 0.25) is 0 Å². The Kier molecular flexibility index (Phi) is 9.78. The highest BCUT2D eigenvalue weighted by Crippen LogP contribution is 2.48. The Morgan fingerprint density at radius 2 is 0.613 bits per heavy atom. The fourth-order valence-electron chi connectivity index (χ4n) is 11.2. The van der Waals surface area contributed by atoms with Crippen LogP contribution in [0.25, 0.3) is 150 Å². The lowest BCUT2D eigenvalue weighted by Gasteiger charge is -2.21. The number of hydrogen-bond donors (Lipinski definition) is 0. The first kappa shape index (κ1) is 42.5. The Morgan fingerprint density at radius 1 is 0.253 bits per heavy atom. The van der Waals surface area contributed by atoms with Gasteiger partial charge in [0.15, 0.2) is 17.5 Å². The van der Waals surface area contributed by atoms with Crippen LogP contribution in [0.1, 0.15) is 0 Å². The molecule has 0 radical (unpaired) electrons. The molecule has 11 aromatic carbocycles. The number of rotatable bonds is 8. The van der Waals surface area contributed by atoms with Gasteiger partial charge in [0.25, 0.3) is 0 Å². The van der Waals surface area contributed by atoms with Crippen LogP contribution in [-0.4, -0.2) is 19.5 Å². The molecule has 0 unspecified atom stereocenters. The first-order chi connectivity index (χ1) is 37.2. The molecule has 4 aromatic heterocycles. The molecule has 6 nitrogen and oxygen atoms in total. The van der Waals surface area contributed by atoms with Crippen molar-refractivity contribution < 1.29 is 8.83 Å². The number of hydrogen-bond acceptors (Lipinski definition) is 5. The van der Waals surface area contributed by atoms with E-state index in [2.05, 4.69) is 211 Å². The van der Waals surface area contributed by atoms with Crippen LogP contribution in [0, 0.1) is 0 Å². The van der Waals surface area contributed by atoms with Gasteiger partial charge in [-0.25, -0.2) is 15.0 Å². The maximum absolute atomic E-state index is 6.44. The minimum absolute atomic E-state index is 0.526. The quantitative estimate of drug-likeness (QED) is 0.152. The number of para-hydroxylation sites is 2. The van der Waals surface area contributed by atoms with Crippen molar-refractivity contribution in [2.24, 2.45) is 0 Å². The molecule has 0 aliphatic carbocycles. The maximum Gasteiger partial charge on any atom is 0.164 e. The van der Waals surface area contributed by atoms with Crippen LogP contribution in [-0.2, 0) is 0 Å². The van der Waals surface area contributed by atoms with E-state index in [-0.39, 0.29) is 0 Å². The molecule has 0 aliphatic rings. The minimum Gasteiger partial charge on any atom is -0.456 e. The summed E-state index contributed by atoms with van der Waals surface area (Å²) in [4.78, 5) is 16.1. The Labute approximate surface area is 431 Å². The van der Waals surface area contributed by atoms with Crippen LogP contribution in [0.5, 0.6) is 0 Å². The molecule has 15 aromatic rings. The molecule has 0 saturated heterocycles. The first-order valence-corrected chi connectivity index (χ1v) is 25.2. The van der Waals surface area contributed by atoms with Crippen molar-refractivity contribution in [1.29, 1.82) is 0 Å². The standard InChI is InChI=1S/C69H42N4O2/c1-5-19-43(20-6-1)50-29-17-31-58-64(50)65-51(44-21-7-2-8-22-44)30-18-32-59(65)73(58)66-56(45-23-9-3-10-24-45)39-49(40-57(66)46-25-11-4-12-26-46)69-71-67(47-35-37-54-52-27-13-15-33-60(52)74-62(54)41-47)70-68(72-69)48-36-38-55-53-28-14-16-34-61(53)75-63(55)42-48/h1-42H. The summed E-state index contributed by atoms with van der Waals surface area (Å²) in [6.07, 6.45) is 0. The summed E-state index contributed by atoms with van der Waals surface area (Å²) in [6.45, 7) is 0. The van der Waals surface area contributed by atoms with Crippen molar-refractivity contribution in [3.63, 3.8) is 0 Å². The van der Waals surface area contributed by atoms with Gasteiger partial charge in [0, 0.05) is 60.1 Å². The van der Waals surface area contributed by atoms with Gasteiger partial charge in [-0.1, -0.05) is 194 Å². The molecule has 15 rings (SSSR count). The number of aromatic nitrogens is 4. The predicted molar refractivity (Wildman–Crippen MR) is 307 cm³/mol. The van der Waals surface area contributed by atoms with E-state index in [9.17, 15) is 0 Å². The van der Waals surface area contributed by atoms with E-state index in [1.54, 1.807) is 0 Å². The lowest BCUT2D eigenvalue weighted by Crippen LogP contribution is -2.04. The Bertz CT molecular complexity index is 4400. The van der Waals surface area contributed by atoms with E-state index in [0.717, 1.165) is 111 Å². The third-order valence-corrected chi connectivity index (χ3v) is 14.7. The molecule has 75 heavy (non-hydrogen) atoms. The largest absolute Gasteiger partial charge is 0.456 e. The van der Waals surface area contributed by atoms with Gasteiger partial charge in [0.1, 0.15) is 22.3 Å². The lowest BCUT2D eigenvalue weighted by atomic mass is 9.92. The average Bonchev–Trinajstić information content (AvgIpc) is 4.22. The second-order valence-corrected chi connectivity index (χ2v) is 19.0. The summed E-state index contributed by atoms with van der Waals surface area (Å²) >= 11 is 0. The highest BCUT2D eigenvalue weighted by atomic mass is 16.3. The third kappa shape index (κ3) is 7.07. The Morgan fingerprint density at radius 3 is 1.04 bits per heavy atom. The summed E-state index contributed by atoms with van der Waals surface area (Å²) in [5.41, 5.74) is 17.7. The molecule has 0 aliphatic heterocycles. The van der Waals surface area contributed by atoms with Gasteiger partial charge in [0.2, 0.25) is 0 Å². The summed E-state index contributed by atoms with van der Waals surface area (Å²) in [7, 11) is 0. The van der Waals surface area contributed by atoms with E-state index < -0.39 is 0 Å². The summed E-state index contributed by atoms with van der Waals surface area (Å²) in [5, 5.41) is 6.57. The number of benzene rings is 11. The lowest BCUT2D eigenvalue weighted by molar-refractivity contribution is 0.668. The number of furan rings is 2. The van der Waals surface area contributed by atoms with Crippen molar-refractivity contribution in [2.75, 3.05) is 0 Å². The highest BCUT2D eigenvalue weighted by Gasteiger charge is 2.26. The molecule has 6 heteroatoms. The van der Waals surface area contributed by atoms with E-state index in [1.807, 2.05) is 48.5 Å². The average molecular weight is 959 g/mol. The molecule has 0 spiro atoms. The molecule has 0 N–H and O–H groups in total. The van der Waals surface area contributed by atoms with Gasteiger partial charge in [-0.05, 0) is 94.0 Å².